The van der Waals surface area contributed by atoms with Crippen LogP contribution in [0.15, 0.2) is 47.5 Å². The van der Waals surface area contributed by atoms with E-state index in [2.05, 4.69) is 20.6 Å². The maximum atomic E-state index is 12.4. The van der Waals surface area contributed by atoms with Crippen LogP contribution in [0.3, 0.4) is 0 Å². The van der Waals surface area contributed by atoms with E-state index in [-0.39, 0.29) is 17.5 Å². The first-order valence-electron chi connectivity index (χ1n) is 11.2. The summed E-state index contributed by atoms with van der Waals surface area (Å²) < 4.78 is 0. The Balaban J connectivity index is 1.30. The number of carbonyl (C=O) groups excluding carboxylic acids is 1. The molecule has 1 saturated heterocycles. The number of hydrogen-bond donors (Lipinski definition) is 3. The molecule has 0 spiro atoms. The molecule has 2 aromatic heterocycles. The summed E-state index contributed by atoms with van der Waals surface area (Å²) in [5, 5.41) is 6.31. The zero-order chi connectivity index (χ0) is 21.6. The van der Waals surface area contributed by atoms with Gasteiger partial charge in [-0.2, -0.15) is 0 Å². The van der Waals surface area contributed by atoms with E-state index in [1.807, 2.05) is 36.2 Å². The topological polar surface area (TPSA) is 90.1 Å². The van der Waals surface area contributed by atoms with Crippen molar-refractivity contribution < 1.29 is 4.79 Å². The normalized spacial score (nSPS) is 17.5. The molecule has 0 aromatic carbocycles. The van der Waals surface area contributed by atoms with Gasteiger partial charge >= 0.3 is 0 Å². The number of carbonyl (C=O) groups is 1. The fourth-order valence-electron chi connectivity index (χ4n) is 4.36. The van der Waals surface area contributed by atoms with Crippen molar-refractivity contribution in [3.8, 4) is 11.1 Å². The summed E-state index contributed by atoms with van der Waals surface area (Å²) in [7, 11) is 1.82. The smallest absolute Gasteiger partial charge is 0.271 e. The highest BCUT2D eigenvalue weighted by molar-refractivity contribution is 5.88. The van der Waals surface area contributed by atoms with Crippen molar-refractivity contribution in [2.75, 3.05) is 30.8 Å². The van der Waals surface area contributed by atoms with E-state index in [1.54, 1.807) is 18.5 Å². The van der Waals surface area contributed by atoms with Crippen LogP contribution in [0.1, 0.15) is 38.5 Å². The second-order valence-electron chi connectivity index (χ2n) is 8.54. The minimum absolute atomic E-state index is 0.0629. The molecule has 164 valence electrons. The lowest BCUT2D eigenvalue weighted by molar-refractivity contribution is -0.129. The minimum Gasteiger partial charge on any atom is -0.374 e. The Labute approximate surface area is 183 Å². The number of H-pyrrole nitrogens is 1. The number of aromatic nitrogens is 2. The quantitative estimate of drug-likeness (QED) is 0.594. The van der Waals surface area contributed by atoms with Crippen LogP contribution in [-0.4, -0.2) is 47.0 Å². The fourth-order valence-corrected chi connectivity index (χ4v) is 4.36. The number of anilines is 2. The van der Waals surface area contributed by atoms with Gasteiger partial charge in [-0.15, -0.1) is 0 Å². The van der Waals surface area contributed by atoms with Crippen LogP contribution in [0.2, 0.25) is 0 Å². The van der Waals surface area contributed by atoms with Gasteiger partial charge in [-0.25, -0.2) is 4.98 Å². The van der Waals surface area contributed by atoms with Crippen molar-refractivity contribution in [2.45, 2.75) is 44.6 Å². The van der Waals surface area contributed by atoms with Crippen LogP contribution in [0.25, 0.3) is 11.1 Å². The van der Waals surface area contributed by atoms with Crippen molar-refractivity contribution in [3.05, 3.63) is 53.1 Å². The summed E-state index contributed by atoms with van der Waals surface area (Å²) in [6.45, 7) is 1.21. The second-order valence-corrected chi connectivity index (χ2v) is 8.54. The maximum absolute atomic E-state index is 12.4. The van der Waals surface area contributed by atoms with Crippen LogP contribution in [0, 0.1) is 5.92 Å². The number of hydrogen-bond acceptors (Lipinski definition) is 5. The van der Waals surface area contributed by atoms with Crippen LogP contribution in [0.4, 0.5) is 11.5 Å². The minimum atomic E-state index is -0.163. The molecule has 3 N–H and O–H groups in total. The molecular formula is C24H31N5O2. The van der Waals surface area contributed by atoms with Crippen LogP contribution in [-0.2, 0) is 4.79 Å². The molecule has 1 aliphatic heterocycles. The van der Waals surface area contributed by atoms with Gasteiger partial charge in [0.1, 0.15) is 11.5 Å². The van der Waals surface area contributed by atoms with Crippen molar-refractivity contribution in [1.29, 1.82) is 0 Å². The van der Waals surface area contributed by atoms with Gasteiger partial charge in [0.2, 0.25) is 5.91 Å². The van der Waals surface area contributed by atoms with Crippen molar-refractivity contribution >= 4 is 17.4 Å². The molecule has 2 fully saturated rings. The average molecular weight is 422 g/mol. The number of likely N-dealkylation sites (tertiary alicyclic amines) is 1. The van der Waals surface area contributed by atoms with Gasteiger partial charge in [0.15, 0.2) is 0 Å². The molecule has 2 aromatic rings. The Morgan fingerprint density at radius 3 is 2.81 bits per heavy atom. The van der Waals surface area contributed by atoms with Crippen LogP contribution < -0.4 is 16.2 Å². The van der Waals surface area contributed by atoms with E-state index in [1.165, 1.54) is 32.1 Å². The molecule has 4 rings (SSSR count). The van der Waals surface area contributed by atoms with Crippen molar-refractivity contribution in [3.63, 3.8) is 0 Å². The Hall–Kier alpha value is -3.09. The van der Waals surface area contributed by atoms with Crippen LogP contribution >= 0.6 is 0 Å². The molecule has 1 saturated carbocycles. The number of amides is 1. The molecule has 0 atom stereocenters. The Bertz CT molecular complexity index is 987. The summed E-state index contributed by atoms with van der Waals surface area (Å²) in [6.07, 6.45) is 14.8. The third-order valence-corrected chi connectivity index (χ3v) is 6.26. The molecule has 0 unspecified atom stereocenters. The SMILES string of the molecule is CNc1cc(-c2c[nH]c(=O)c(NC3CN(C(=O)/C=C/CC4CCCCC4)C3)c2)ccn1. The van der Waals surface area contributed by atoms with Crippen molar-refractivity contribution in [2.24, 2.45) is 5.92 Å². The summed E-state index contributed by atoms with van der Waals surface area (Å²) in [5.74, 6) is 1.57. The molecule has 0 radical (unpaired) electrons. The van der Waals surface area contributed by atoms with E-state index >= 15 is 0 Å². The third-order valence-electron chi connectivity index (χ3n) is 6.26. The summed E-state index contributed by atoms with van der Waals surface area (Å²) >= 11 is 0. The molecule has 0 bridgehead atoms. The number of rotatable bonds is 7. The number of nitrogens with zero attached hydrogens (tertiary/aromatic N) is 2. The molecule has 31 heavy (non-hydrogen) atoms. The molecule has 2 aliphatic rings. The van der Waals surface area contributed by atoms with E-state index in [9.17, 15) is 9.59 Å². The van der Waals surface area contributed by atoms with E-state index in [0.29, 0.717) is 18.8 Å². The van der Waals surface area contributed by atoms with E-state index < -0.39 is 0 Å². The zero-order valence-corrected chi connectivity index (χ0v) is 18.1. The number of pyridine rings is 2. The lowest BCUT2D eigenvalue weighted by Crippen LogP contribution is -2.57. The Kier molecular flexibility index (Phi) is 6.70. The number of nitrogens with one attached hydrogen (secondary N) is 3. The van der Waals surface area contributed by atoms with Gasteiger partial charge in [0.05, 0.1) is 6.04 Å². The summed E-state index contributed by atoms with van der Waals surface area (Å²) in [5.41, 5.74) is 2.22. The van der Waals surface area contributed by atoms with Gasteiger partial charge in [0, 0.05) is 38.1 Å². The highest BCUT2D eigenvalue weighted by atomic mass is 16.2. The fraction of sp³-hybridized carbons (Fsp3) is 0.458. The lowest BCUT2D eigenvalue weighted by Gasteiger charge is -2.39. The first-order chi connectivity index (χ1) is 15.1. The first-order valence-corrected chi connectivity index (χ1v) is 11.2. The zero-order valence-electron chi connectivity index (χ0n) is 18.1. The van der Waals surface area contributed by atoms with Gasteiger partial charge in [-0.3, -0.25) is 9.59 Å². The maximum Gasteiger partial charge on any atom is 0.271 e. The number of aromatic amines is 1. The molecule has 7 nitrogen and oxygen atoms in total. The monoisotopic (exact) mass is 421 g/mol. The number of allylic oxidation sites excluding steroid dienone is 1. The highest BCUT2D eigenvalue weighted by Crippen LogP contribution is 2.26. The first kappa shape index (κ1) is 21.2. The van der Waals surface area contributed by atoms with E-state index in [4.69, 9.17) is 0 Å². The van der Waals surface area contributed by atoms with Gasteiger partial charge in [-0.1, -0.05) is 38.2 Å². The van der Waals surface area contributed by atoms with Crippen LogP contribution in [0.5, 0.6) is 0 Å². The molecule has 1 amide bonds. The largest absolute Gasteiger partial charge is 0.374 e. The second kappa shape index (κ2) is 9.81. The predicted octanol–water partition coefficient (Wildman–Crippen LogP) is 3.63. The summed E-state index contributed by atoms with van der Waals surface area (Å²) in [6, 6.07) is 5.77. The molecule has 3 heterocycles. The van der Waals surface area contributed by atoms with E-state index in [0.717, 1.165) is 29.3 Å². The average Bonchev–Trinajstić information content (AvgIpc) is 2.77. The van der Waals surface area contributed by atoms with Gasteiger partial charge in [0.25, 0.3) is 5.56 Å². The molecule has 7 heteroatoms. The highest BCUT2D eigenvalue weighted by Gasteiger charge is 2.29. The van der Waals surface area contributed by atoms with Crippen molar-refractivity contribution in [1.82, 2.24) is 14.9 Å². The standard InChI is InChI=1S/C24H31N5O2/c1-25-22-13-18(10-11-26-22)19-12-21(24(31)27-14-19)28-20-15-29(16-20)23(30)9-5-8-17-6-3-2-4-7-17/h5,9-14,17,20,28H,2-4,6-8,15-16H2,1H3,(H,25,26)(H,27,31)/b9-5+. The van der Waals surface area contributed by atoms with Gasteiger partial charge in [-0.05, 0) is 42.2 Å². The third kappa shape index (κ3) is 5.34. The summed E-state index contributed by atoms with van der Waals surface area (Å²) in [4.78, 5) is 33.5. The Morgan fingerprint density at radius 2 is 2.03 bits per heavy atom. The molecule has 1 aliphatic carbocycles. The van der Waals surface area contributed by atoms with Gasteiger partial charge < -0.3 is 20.5 Å². The molecular weight excluding hydrogens is 390 g/mol. The Morgan fingerprint density at radius 1 is 1.23 bits per heavy atom. The predicted molar refractivity (Wildman–Crippen MR) is 124 cm³/mol. The lowest BCUT2D eigenvalue weighted by atomic mass is 9.87.